The van der Waals surface area contributed by atoms with Gasteiger partial charge in [-0.1, -0.05) is 40.5 Å². The third-order valence-corrected chi connectivity index (χ3v) is 6.75. The number of pyridine rings is 1. The van der Waals surface area contributed by atoms with Gasteiger partial charge in [-0.05, 0) is 37.2 Å². The lowest BCUT2D eigenvalue weighted by molar-refractivity contribution is 0.0937. The van der Waals surface area contributed by atoms with E-state index in [-0.39, 0.29) is 29.2 Å². The maximum absolute atomic E-state index is 13.4. The molecule has 2 aliphatic rings. The molecule has 8 heteroatoms. The average molecular weight is 442 g/mol. The van der Waals surface area contributed by atoms with Crippen molar-refractivity contribution in [3.8, 4) is 0 Å². The molecule has 2 aromatic heterocycles. The second-order valence-corrected chi connectivity index (χ2v) is 10.1. The molecule has 0 spiro atoms. The van der Waals surface area contributed by atoms with Crippen LogP contribution >= 0.6 is 0 Å². The van der Waals surface area contributed by atoms with Crippen LogP contribution in [0.15, 0.2) is 15.7 Å². The first-order valence-corrected chi connectivity index (χ1v) is 12.0. The number of carbonyl (C=O) groups excluding carboxylic acids is 1. The molecule has 1 saturated carbocycles. The number of carbonyl (C=O) groups is 1. The van der Waals surface area contributed by atoms with Gasteiger partial charge in [0.25, 0.3) is 11.5 Å². The van der Waals surface area contributed by atoms with Crippen LogP contribution < -0.4 is 16.6 Å². The maximum atomic E-state index is 13.4. The first-order valence-electron chi connectivity index (χ1n) is 12.0. The summed E-state index contributed by atoms with van der Waals surface area (Å²) in [6, 6.07) is 2.42. The van der Waals surface area contributed by atoms with Crippen LogP contribution in [0.1, 0.15) is 81.8 Å². The molecule has 3 heterocycles. The summed E-state index contributed by atoms with van der Waals surface area (Å²) in [7, 11) is 0. The van der Waals surface area contributed by atoms with Crippen LogP contribution in [-0.4, -0.2) is 50.5 Å². The van der Waals surface area contributed by atoms with Crippen molar-refractivity contribution in [3.63, 3.8) is 0 Å². The van der Waals surface area contributed by atoms with Crippen LogP contribution in [0.4, 0.5) is 0 Å². The monoisotopic (exact) mass is 441 g/mol. The summed E-state index contributed by atoms with van der Waals surface area (Å²) in [6.45, 7) is 10.2. The summed E-state index contributed by atoms with van der Waals surface area (Å²) in [5.41, 5.74) is 0.250. The first-order chi connectivity index (χ1) is 15.2. The van der Waals surface area contributed by atoms with E-state index in [0.29, 0.717) is 29.5 Å². The summed E-state index contributed by atoms with van der Waals surface area (Å²) in [6.07, 6.45) is 5.99. The Kier molecular flexibility index (Phi) is 6.51. The highest BCUT2D eigenvalue weighted by atomic mass is 16.2. The summed E-state index contributed by atoms with van der Waals surface area (Å²) in [4.78, 5) is 48.3. The highest BCUT2D eigenvalue weighted by Gasteiger charge is 2.31. The van der Waals surface area contributed by atoms with Gasteiger partial charge in [-0.25, -0.2) is 9.78 Å². The molecule has 1 unspecified atom stereocenters. The van der Waals surface area contributed by atoms with Crippen LogP contribution in [0, 0.1) is 5.92 Å². The molecule has 0 bridgehead atoms. The van der Waals surface area contributed by atoms with Gasteiger partial charge >= 0.3 is 5.69 Å². The Hall–Kier alpha value is -2.48. The minimum atomic E-state index is -0.558. The lowest BCUT2D eigenvalue weighted by Gasteiger charge is -2.23. The number of rotatable bonds is 6. The maximum Gasteiger partial charge on any atom is 0.330 e. The molecule has 2 aromatic rings. The number of likely N-dealkylation sites (tertiary alicyclic amines) is 1. The Morgan fingerprint density at radius 2 is 1.91 bits per heavy atom. The zero-order chi connectivity index (χ0) is 23.0. The zero-order valence-corrected chi connectivity index (χ0v) is 19.6. The fourth-order valence-corrected chi connectivity index (χ4v) is 5.07. The SMILES string of the molecule is CC(C)Cn1c(=O)[nH]c(=O)c2c(C(=O)NC3CCN(C4CCCC4)C3)cc(C(C)C)nc21. The molecule has 1 aliphatic carbocycles. The van der Waals surface area contributed by atoms with Gasteiger partial charge in [0, 0.05) is 37.4 Å². The highest BCUT2D eigenvalue weighted by Crippen LogP contribution is 2.27. The third-order valence-electron chi connectivity index (χ3n) is 6.75. The molecule has 1 saturated heterocycles. The van der Waals surface area contributed by atoms with Crippen LogP contribution in [0.3, 0.4) is 0 Å². The molecular weight excluding hydrogens is 406 g/mol. The number of hydrogen-bond donors (Lipinski definition) is 2. The van der Waals surface area contributed by atoms with Crippen LogP contribution in [0.5, 0.6) is 0 Å². The fraction of sp³-hybridized carbons (Fsp3) is 0.667. The number of nitrogens with zero attached hydrogens (tertiary/aromatic N) is 3. The Morgan fingerprint density at radius 1 is 1.19 bits per heavy atom. The van der Waals surface area contributed by atoms with Crippen molar-refractivity contribution in [1.82, 2.24) is 24.8 Å². The lowest BCUT2D eigenvalue weighted by Crippen LogP contribution is -2.40. The van der Waals surface area contributed by atoms with Gasteiger partial charge in [-0.3, -0.25) is 24.0 Å². The summed E-state index contributed by atoms with van der Waals surface area (Å²) in [5, 5.41) is 3.35. The fourth-order valence-electron chi connectivity index (χ4n) is 5.07. The van der Waals surface area contributed by atoms with Gasteiger partial charge in [0.15, 0.2) is 5.65 Å². The largest absolute Gasteiger partial charge is 0.348 e. The van der Waals surface area contributed by atoms with Crippen molar-refractivity contribution in [2.24, 2.45) is 5.92 Å². The van der Waals surface area contributed by atoms with Crippen molar-refractivity contribution >= 4 is 16.9 Å². The van der Waals surface area contributed by atoms with Gasteiger partial charge < -0.3 is 5.32 Å². The minimum absolute atomic E-state index is 0.0529. The Bertz CT molecular complexity index is 1110. The molecule has 32 heavy (non-hydrogen) atoms. The molecular formula is C24H35N5O3. The van der Waals surface area contributed by atoms with E-state index in [9.17, 15) is 14.4 Å². The van der Waals surface area contributed by atoms with Crippen molar-refractivity contribution < 1.29 is 4.79 Å². The van der Waals surface area contributed by atoms with E-state index in [4.69, 9.17) is 0 Å². The van der Waals surface area contributed by atoms with E-state index in [2.05, 4.69) is 20.2 Å². The highest BCUT2D eigenvalue weighted by molar-refractivity contribution is 6.05. The number of amides is 1. The summed E-state index contributed by atoms with van der Waals surface area (Å²) >= 11 is 0. The van der Waals surface area contributed by atoms with Crippen molar-refractivity contribution in [1.29, 1.82) is 0 Å². The predicted molar refractivity (Wildman–Crippen MR) is 125 cm³/mol. The normalized spacial score (nSPS) is 20.1. The summed E-state index contributed by atoms with van der Waals surface area (Å²) < 4.78 is 1.49. The average Bonchev–Trinajstić information content (AvgIpc) is 3.41. The van der Waals surface area contributed by atoms with E-state index in [0.717, 1.165) is 19.5 Å². The van der Waals surface area contributed by atoms with Gasteiger partial charge in [-0.15, -0.1) is 0 Å². The van der Waals surface area contributed by atoms with E-state index in [1.807, 2.05) is 27.7 Å². The molecule has 0 radical (unpaired) electrons. The molecule has 1 atom stereocenters. The second-order valence-electron chi connectivity index (χ2n) is 10.1. The third kappa shape index (κ3) is 4.51. The van der Waals surface area contributed by atoms with Crippen molar-refractivity contribution in [2.75, 3.05) is 13.1 Å². The van der Waals surface area contributed by atoms with Crippen molar-refractivity contribution in [2.45, 2.75) is 84.3 Å². The smallest absolute Gasteiger partial charge is 0.330 e. The Morgan fingerprint density at radius 3 is 2.56 bits per heavy atom. The number of hydrogen-bond acceptors (Lipinski definition) is 5. The first kappa shape index (κ1) is 22.7. The van der Waals surface area contributed by atoms with Crippen LogP contribution in [0.25, 0.3) is 11.0 Å². The number of nitrogens with one attached hydrogen (secondary N) is 2. The molecule has 4 rings (SSSR count). The molecule has 2 N–H and O–H groups in total. The zero-order valence-electron chi connectivity index (χ0n) is 19.6. The molecule has 0 aromatic carbocycles. The Balaban J connectivity index is 1.70. The van der Waals surface area contributed by atoms with Crippen LogP contribution in [-0.2, 0) is 6.54 Å². The number of aromatic amines is 1. The van der Waals surface area contributed by atoms with E-state index < -0.39 is 11.2 Å². The topological polar surface area (TPSA) is 100 Å². The van der Waals surface area contributed by atoms with Gasteiger partial charge in [-0.2, -0.15) is 0 Å². The molecule has 8 nitrogen and oxygen atoms in total. The standard InChI is InChI=1S/C24H35N5O3/c1-14(2)12-29-21-20(23(31)27-24(29)32)18(11-19(26-21)15(3)4)22(30)25-16-9-10-28(13-16)17-7-5-6-8-17/h11,14-17H,5-10,12-13H2,1-4H3,(H,25,30)(H,27,31,32). The van der Waals surface area contributed by atoms with Gasteiger partial charge in [0.1, 0.15) is 0 Å². The van der Waals surface area contributed by atoms with E-state index >= 15 is 0 Å². The van der Waals surface area contributed by atoms with Gasteiger partial charge in [0.05, 0.1) is 10.9 Å². The molecule has 1 amide bonds. The molecule has 2 fully saturated rings. The van der Waals surface area contributed by atoms with Gasteiger partial charge in [0.2, 0.25) is 0 Å². The minimum Gasteiger partial charge on any atom is -0.348 e. The Labute approximate surface area is 188 Å². The second kappa shape index (κ2) is 9.17. The summed E-state index contributed by atoms with van der Waals surface area (Å²) in [5.74, 6) is -0.0290. The quantitative estimate of drug-likeness (QED) is 0.718. The van der Waals surface area contributed by atoms with E-state index in [1.165, 1.54) is 30.3 Å². The lowest BCUT2D eigenvalue weighted by atomic mass is 10.0. The molecule has 1 aliphatic heterocycles. The number of fused-ring (bicyclic) bond motifs is 1. The predicted octanol–water partition coefficient (Wildman–Crippen LogP) is 2.61. The number of H-pyrrole nitrogens is 1. The van der Waals surface area contributed by atoms with E-state index in [1.54, 1.807) is 6.07 Å². The van der Waals surface area contributed by atoms with Crippen LogP contribution in [0.2, 0.25) is 0 Å². The number of aromatic nitrogens is 3. The van der Waals surface area contributed by atoms with Crippen molar-refractivity contribution in [3.05, 3.63) is 38.2 Å². The molecule has 174 valence electrons.